The summed E-state index contributed by atoms with van der Waals surface area (Å²) in [5, 5.41) is 0. The molecule has 0 atom stereocenters. The fourth-order valence-corrected chi connectivity index (χ4v) is 1.91. The van der Waals surface area contributed by atoms with Crippen LogP contribution in [0.2, 0.25) is 0 Å². The van der Waals surface area contributed by atoms with Gasteiger partial charge in [0.25, 0.3) is 0 Å². The van der Waals surface area contributed by atoms with Gasteiger partial charge in [0.15, 0.2) is 0 Å². The van der Waals surface area contributed by atoms with Crippen LogP contribution in [0.3, 0.4) is 0 Å². The predicted molar refractivity (Wildman–Crippen MR) is 110 cm³/mol. The molecule has 0 rings (SSSR count). The second kappa shape index (κ2) is 33.7. The number of rotatable bonds is 11. The van der Waals surface area contributed by atoms with E-state index in [0.717, 1.165) is 0 Å². The van der Waals surface area contributed by atoms with E-state index >= 15 is 0 Å². The number of hydrogen-bond donors (Lipinski definition) is 3. The third-order valence-corrected chi connectivity index (χ3v) is 2.96. The Morgan fingerprint density at radius 2 is 0.652 bits per heavy atom. The van der Waals surface area contributed by atoms with Crippen molar-refractivity contribution in [3.05, 3.63) is 0 Å². The Kier molecular flexibility index (Phi) is 60.7. The van der Waals surface area contributed by atoms with Crippen LogP contribution in [0.5, 0.6) is 0 Å². The van der Waals surface area contributed by atoms with Gasteiger partial charge < -0.3 is 14.7 Å². The zero-order valence-electron chi connectivity index (χ0n) is 12.7. The second-order valence-corrected chi connectivity index (χ2v) is 6.08. The second-order valence-electron chi connectivity index (χ2n) is 5.05. The molecule has 0 bridgehead atoms. The third kappa shape index (κ3) is 66.5. The molecule has 0 unspecified atom stereocenters. The van der Waals surface area contributed by atoms with Gasteiger partial charge in [-0.25, -0.2) is 4.57 Å². The van der Waals surface area contributed by atoms with Gasteiger partial charge in [-0.1, -0.05) is 90.9 Å². The van der Waals surface area contributed by atoms with E-state index in [-0.39, 0.29) is 118 Å². The average Bonchev–Trinajstić information content (AvgIpc) is 2.29. The molecule has 3 N–H and O–H groups in total. The predicted octanol–water partition coefficient (Wildman–Crippen LogP) is 2.18. The molecule has 0 spiro atoms. The standard InChI is InChI=1S/C14H30.4Na.H3O4P.4H/c1-3-5-7-9-11-13-14-12-10-8-6-4-2;;;;;1-5(2,3)4;;;;/h3-14H2,1-2H3;;;;;(H3,1,2,3,4);;;;. The molecule has 0 saturated heterocycles. The van der Waals surface area contributed by atoms with E-state index in [1.807, 2.05) is 0 Å². The first-order valence-corrected chi connectivity index (χ1v) is 9.26. The van der Waals surface area contributed by atoms with E-state index < -0.39 is 7.82 Å². The molecule has 126 valence electrons. The Morgan fingerprint density at radius 3 is 0.783 bits per heavy atom. The van der Waals surface area contributed by atoms with Crippen molar-refractivity contribution in [2.45, 2.75) is 90.9 Å². The molecular formula is C14H37Na4O4P. The van der Waals surface area contributed by atoms with Gasteiger partial charge in [-0.05, 0) is 0 Å². The Bertz CT molecular complexity index is 199. The van der Waals surface area contributed by atoms with Crippen LogP contribution in [-0.4, -0.2) is 133 Å². The van der Waals surface area contributed by atoms with Crippen LogP contribution in [-0.2, 0) is 4.57 Å². The first kappa shape index (κ1) is 41.5. The molecule has 23 heavy (non-hydrogen) atoms. The molecule has 0 fully saturated rings. The molecule has 0 saturated carbocycles. The topological polar surface area (TPSA) is 77.8 Å². The summed E-state index contributed by atoms with van der Waals surface area (Å²) in [4.78, 5) is 21.6. The molecule has 0 amide bonds. The van der Waals surface area contributed by atoms with Crippen molar-refractivity contribution in [2.24, 2.45) is 0 Å². The first-order chi connectivity index (χ1) is 8.91. The quantitative estimate of drug-likeness (QED) is 0.286. The SMILES string of the molecule is CCCCCCCCCCCCCC.O=P(O)(O)O.[NaH].[NaH].[NaH].[NaH]. The van der Waals surface area contributed by atoms with Crippen LogP contribution in [0.25, 0.3) is 0 Å². The molecule has 4 nitrogen and oxygen atoms in total. The number of phosphoric acid groups is 1. The normalized spacial score (nSPS) is 9.09. The zero-order valence-corrected chi connectivity index (χ0v) is 13.6. The van der Waals surface area contributed by atoms with Gasteiger partial charge in [0, 0.05) is 0 Å². The van der Waals surface area contributed by atoms with Crippen LogP contribution < -0.4 is 0 Å². The molecule has 0 radical (unpaired) electrons. The molecule has 9 heteroatoms. The summed E-state index contributed by atoms with van der Waals surface area (Å²) in [7, 11) is -4.64. The maximum atomic E-state index is 8.88. The minimum atomic E-state index is -4.64. The van der Waals surface area contributed by atoms with Gasteiger partial charge in [-0.15, -0.1) is 0 Å². The van der Waals surface area contributed by atoms with Crippen LogP contribution in [0.4, 0.5) is 0 Å². The van der Waals surface area contributed by atoms with Gasteiger partial charge in [0.05, 0.1) is 0 Å². The van der Waals surface area contributed by atoms with Gasteiger partial charge in [-0.3, -0.25) is 0 Å². The van der Waals surface area contributed by atoms with Gasteiger partial charge >= 0.3 is 126 Å². The average molecular weight is 392 g/mol. The summed E-state index contributed by atoms with van der Waals surface area (Å²) in [6.07, 6.45) is 17.4. The van der Waals surface area contributed by atoms with E-state index in [1.54, 1.807) is 0 Å². The molecule has 0 aliphatic rings. The van der Waals surface area contributed by atoms with Gasteiger partial charge in [0.2, 0.25) is 0 Å². The summed E-state index contributed by atoms with van der Waals surface area (Å²) < 4.78 is 8.88. The fourth-order valence-electron chi connectivity index (χ4n) is 1.91. The van der Waals surface area contributed by atoms with E-state index in [0.29, 0.717) is 0 Å². The molecule has 0 aromatic carbocycles. The molecule has 0 aromatic heterocycles. The molecular weight excluding hydrogens is 355 g/mol. The van der Waals surface area contributed by atoms with Crippen molar-refractivity contribution in [3.8, 4) is 0 Å². The molecule has 0 aromatic rings. The van der Waals surface area contributed by atoms with Gasteiger partial charge in [-0.2, -0.15) is 0 Å². The summed E-state index contributed by atoms with van der Waals surface area (Å²) in [5.74, 6) is 0. The van der Waals surface area contributed by atoms with E-state index in [1.165, 1.54) is 77.0 Å². The minimum absolute atomic E-state index is 0. The molecule has 0 aliphatic heterocycles. The first-order valence-electron chi connectivity index (χ1n) is 7.70. The van der Waals surface area contributed by atoms with E-state index in [9.17, 15) is 0 Å². The van der Waals surface area contributed by atoms with Crippen LogP contribution in [0, 0.1) is 0 Å². The van der Waals surface area contributed by atoms with Crippen LogP contribution >= 0.6 is 7.82 Å². The monoisotopic (exact) mass is 392 g/mol. The summed E-state index contributed by atoms with van der Waals surface area (Å²) in [6, 6.07) is 0. The number of hydrogen-bond acceptors (Lipinski definition) is 1. The Balaban J connectivity index is -0.0000000708. The molecule has 0 aliphatic carbocycles. The summed E-state index contributed by atoms with van der Waals surface area (Å²) in [6.45, 7) is 4.57. The summed E-state index contributed by atoms with van der Waals surface area (Å²) >= 11 is 0. The van der Waals surface area contributed by atoms with Crippen molar-refractivity contribution in [3.63, 3.8) is 0 Å². The maximum absolute atomic E-state index is 8.88. The Hall–Kier alpha value is 4.11. The Morgan fingerprint density at radius 1 is 0.522 bits per heavy atom. The van der Waals surface area contributed by atoms with Crippen molar-refractivity contribution in [2.75, 3.05) is 0 Å². The van der Waals surface area contributed by atoms with E-state index in [4.69, 9.17) is 19.2 Å². The van der Waals surface area contributed by atoms with Crippen LogP contribution in [0.1, 0.15) is 90.9 Å². The van der Waals surface area contributed by atoms with Crippen molar-refractivity contribution in [1.82, 2.24) is 0 Å². The van der Waals surface area contributed by atoms with Crippen molar-refractivity contribution < 1.29 is 19.2 Å². The van der Waals surface area contributed by atoms with Gasteiger partial charge in [0.1, 0.15) is 0 Å². The summed E-state index contributed by atoms with van der Waals surface area (Å²) in [5.41, 5.74) is 0. The number of unbranched alkanes of at least 4 members (excludes halogenated alkanes) is 11. The Labute approximate surface area is 232 Å². The van der Waals surface area contributed by atoms with E-state index in [2.05, 4.69) is 13.8 Å². The molecule has 0 heterocycles. The van der Waals surface area contributed by atoms with Crippen molar-refractivity contribution in [1.29, 1.82) is 0 Å². The fraction of sp³-hybridized carbons (Fsp3) is 1.00. The third-order valence-electron chi connectivity index (χ3n) is 2.96. The van der Waals surface area contributed by atoms with Crippen molar-refractivity contribution >= 4 is 126 Å². The zero-order chi connectivity index (χ0) is 15.0. The van der Waals surface area contributed by atoms with Crippen LogP contribution in [0.15, 0.2) is 0 Å².